The molecule has 8 nitrogen and oxygen atoms in total. The summed E-state index contributed by atoms with van der Waals surface area (Å²) in [7, 11) is 0.520. The molecule has 0 bridgehead atoms. The Labute approximate surface area is 206 Å². The first-order chi connectivity index (χ1) is 16.7. The topological polar surface area (TPSA) is 94.2 Å². The number of methoxy groups -OCH3 is 2. The van der Waals surface area contributed by atoms with Gasteiger partial charge in [-0.2, -0.15) is 0 Å². The SMILES string of the molecule is COc1ccc(S(=O)(=O)N(C)c2ccc(C(=O)NCCOc3ccc(C)c(C)c3)cc2)cc1OC. The molecule has 35 heavy (non-hydrogen) atoms. The third-order valence-electron chi connectivity index (χ3n) is 5.64. The number of ether oxygens (including phenoxy) is 3. The summed E-state index contributed by atoms with van der Waals surface area (Å²) in [5.74, 6) is 1.23. The van der Waals surface area contributed by atoms with Gasteiger partial charge in [0.15, 0.2) is 11.5 Å². The van der Waals surface area contributed by atoms with Crippen LogP contribution in [0.1, 0.15) is 21.5 Å². The third kappa shape index (κ3) is 6.05. The minimum atomic E-state index is -3.85. The molecule has 3 aromatic rings. The van der Waals surface area contributed by atoms with E-state index in [1.165, 1.54) is 45.0 Å². The summed E-state index contributed by atoms with van der Waals surface area (Å²) in [4.78, 5) is 12.5. The lowest BCUT2D eigenvalue weighted by atomic mass is 10.1. The Kier molecular flexibility index (Phi) is 8.24. The van der Waals surface area contributed by atoms with E-state index in [1.54, 1.807) is 24.3 Å². The number of nitrogens with zero attached hydrogens (tertiary/aromatic N) is 1. The van der Waals surface area contributed by atoms with Gasteiger partial charge in [-0.1, -0.05) is 6.07 Å². The summed E-state index contributed by atoms with van der Waals surface area (Å²) >= 11 is 0. The molecule has 0 aliphatic heterocycles. The Morgan fingerprint density at radius 3 is 2.20 bits per heavy atom. The third-order valence-corrected chi connectivity index (χ3v) is 7.42. The maximum atomic E-state index is 13.1. The van der Waals surface area contributed by atoms with Gasteiger partial charge in [-0.15, -0.1) is 0 Å². The Morgan fingerprint density at radius 1 is 0.886 bits per heavy atom. The largest absolute Gasteiger partial charge is 0.493 e. The number of hydrogen-bond donors (Lipinski definition) is 1. The van der Waals surface area contributed by atoms with Crippen molar-refractivity contribution in [3.8, 4) is 17.2 Å². The van der Waals surface area contributed by atoms with Crippen molar-refractivity contribution in [2.45, 2.75) is 18.7 Å². The first-order valence-corrected chi connectivity index (χ1v) is 12.4. The summed E-state index contributed by atoms with van der Waals surface area (Å²) in [6, 6.07) is 16.6. The van der Waals surface area contributed by atoms with Gasteiger partial charge in [0.1, 0.15) is 12.4 Å². The van der Waals surface area contributed by atoms with Crippen LogP contribution < -0.4 is 23.8 Å². The average Bonchev–Trinajstić information content (AvgIpc) is 2.87. The summed E-state index contributed by atoms with van der Waals surface area (Å²) in [5, 5.41) is 2.80. The van der Waals surface area contributed by atoms with E-state index in [0.29, 0.717) is 35.9 Å². The van der Waals surface area contributed by atoms with Crippen LogP contribution in [0, 0.1) is 13.8 Å². The molecule has 0 aliphatic rings. The lowest BCUT2D eigenvalue weighted by molar-refractivity contribution is 0.0947. The van der Waals surface area contributed by atoms with E-state index in [4.69, 9.17) is 14.2 Å². The van der Waals surface area contributed by atoms with Crippen LogP contribution in [0.5, 0.6) is 17.2 Å². The fourth-order valence-electron chi connectivity index (χ4n) is 3.34. The van der Waals surface area contributed by atoms with Crippen LogP contribution in [0.4, 0.5) is 5.69 Å². The van der Waals surface area contributed by atoms with E-state index in [9.17, 15) is 13.2 Å². The highest BCUT2D eigenvalue weighted by molar-refractivity contribution is 7.92. The maximum absolute atomic E-state index is 13.1. The van der Waals surface area contributed by atoms with Gasteiger partial charge in [-0.05, 0) is 73.5 Å². The molecule has 0 radical (unpaired) electrons. The van der Waals surface area contributed by atoms with Crippen LogP contribution in [-0.2, 0) is 10.0 Å². The number of hydrogen-bond acceptors (Lipinski definition) is 6. The van der Waals surface area contributed by atoms with Crippen LogP contribution in [0.15, 0.2) is 65.6 Å². The lowest BCUT2D eigenvalue weighted by Crippen LogP contribution is -2.28. The number of nitrogens with one attached hydrogen (secondary N) is 1. The molecule has 0 aliphatic carbocycles. The quantitative estimate of drug-likeness (QED) is 0.426. The standard InChI is InChI=1S/C26H30N2O6S/c1-18-6-11-22(16-19(18)2)34-15-14-27-26(29)20-7-9-21(10-8-20)28(3)35(30,31)23-12-13-24(32-4)25(17-23)33-5/h6-13,16-17H,14-15H2,1-5H3,(H,27,29). The van der Waals surface area contributed by atoms with E-state index >= 15 is 0 Å². The summed E-state index contributed by atoms with van der Waals surface area (Å²) in [5.41, 5.74) is 3.16. The van der Waals surface area contributed by atoms with Crippen LogP contribution >= 0.6 is 0 Å². The number of amides is 1. The maximum Gasteiger partial charge on any atom is 0.264 e. The van der Waals surface area contributed by atoms with Crippen LogP contribution in [-0.4, -0.2) is 48.7 Å². The predicted octanol–water partition coefficient (Wildman–Crippen LogP) is 3.95. The molecule has 0 spiro atoms. The number of sulfonamides is 1. The molecule has 1 amide bonds. The van der Waals surface area contributed by atoms with E-state index in [-0.39, 0.29) is 10.8 Å². The van der Waals surface area contributed by atoms with Crippen molar-refractivity contribution in [2.75, 3.05) is 38.7 Å². The molecule has 0 unspecified atom stereocenters. The highest BCUT2D eigenvalue weighted by Crippen LogP contribution is 2.31. The first kappa shape index (κ1) is 25.9. The number of carbonyl (C=O) groups is 1. The Hall–Kier alpha value is -3.72. The van der Waals surface area contributed by atoms with Crippen molar-refractivity contribution in [3.05, 3.63) is 77.4 Å². The van der Waals surface area contributed by atoms with Crippen LogP contribution in [0.25, 0.3) is 0 Å². The molecule has 186 valence electrons. The summed E-state index contributed by atoms with van der Waals surface area (Å²) in [6.07, 6.45) is 0. The van der Waals surface area contributed by atoms with E-state index in [0.717, 1.165) is 15.6 Å². The van der Waals surface area contributed by atoms with Crippen molar-refractivity contribution in [3.63, 3.8) is 0 Å². The monoisotopic (exact) mass is 498 g/mol. The Balaban J connectivity index is 1.61. The molecular formula is C26H30N2O6S. The summed E-state index contributed by atoms with van der Waals surface area (Å²) in [6.45, 7) is 4.72. The van der Waals surface area contributed by atoms with Crippen molar-refractivity contribution >= 4 is 21.6 Å². The van der Waals surface area contributed by atoms with E-state index in [2.05, 4.69) is 5.32 Å². The van der Waals surface area contributed by atoms with Crippen LogP contribution in [0.3, 0.4) is 0 Å². The lowest BCUT2D eigenvalue weighted by Gasteiger charge is -2.20. The van der Waals surface area contributed by atoms with Gasteiger partial charge in [0.05, 0.1) is 31.3 Å². The predicted molar refractivity (Wildman–Crippen MR) is 135 cm³/mol. The first-order valence-electron chi connectivity index (χ1n) is 11.0. The zero-order chi connectivity index (χ0) is 25.6. The molecule has 0 aromatic heterocycles. The van der Waals surface area contributed by atoms with Gasteiger partial charge in [-0.25, -0.2) is 8.42 Å². The molecule has 3 aromatic carbocycles. The minimum absolute atomic E-state index is 0.0586. The average molecular weight is 499 g/mol. The number of carbonyl (C=O) groups excluding carboxylic acids is 1. The molecule has 3 rings (SSSR count). The van der Waals surface area contributed by atoms with Gasteiger partial charge < -0.3 is 19.5 Å². The van der Waals surface area contributed by atoms with Gasteiger partial charge in [0, 0.05) is 18.7 Å². The molecule has 0 fully saturated rings. The van der Waals surface area contributed by atoms with Gasteiger partial charge in [-0.3, -0.25) is 9.10 Å². The summed E-state index contributed by atoms with van der Waals surface area (Å²) < 4.78 is 43.4. The number of benzene rings is 3. The van der Waals surface area contributed by atoms with E-state index < -0.39 is 10.0 Å². The van der Waals surface area contributed by atoms with Crippen molar-refractivity contribution in [1.82, 2.24) is 5.32 Å². The Morgan fingerprint density at radius 2 is 1.57 bits per heavy atom. The Bertz CT molecular complexity index is 1290. The molecule has 0 saturated heterocycles. The highest BCUT2D eigenvalue weighted by atomic mass is 32.2. The highest BCUT2D eigenvalue weighted by Gasteiger charge is 2.23. The van der Waals surface area contributed by atoms with Crippen molar-refractivity contribution < 1.29 is 27.4 Å². The molecule has 9 heteroatoms. The second kappa shape index (κ2) is 11.1. The fourth-order valence-corrected chi connectivity index (χ4v) is 4.55. The minimum Gasteiger partial charge on any atom is -0.493 e. The molecule has 0 heterocycles. The van der Waals surface area contributed by atoms with Gasteiger partial charge in [0.2, 0.25) is 0 Å². The zero-order valence-corrected chi connectivity index (χ0v) is 21.3. The second-order valence-corrected chi connectivity index (χ2v) is 9.86. The van der Waals surface area contributed by atoms with Crippen LogP contribution in [0.2, 0.25) is 0 Å². The number of anilines is 1. The number of rotatable bonds is 10. The zero-order valence-electron chi connectivity index (χ0n) is 20.5. The van der Waals surface area contributed by atoms with Gasteiger partial charge in [0.25, 0.3) is 15.9 Å². The van der Waals surface area contributed by atoms with Gasteiger partial charge >= 0.3 is 0 Å². The molecule has 0 saturated carbocycles. The number of aryl methyl sites for hydroxylation is 2. The molecule has 0 atom stereocenters. The fraction of sp³-hybridized carbons (Fsp3) is 0.269. The molecule has 1 N–H and O–H groups in total. The smallest absolute Gasteiger partial charge is 0.264 e. The molecular weight excluding hydrogens is 468 g/mol. The van der Waals surface area contributed by atoms with E-state index in [1.807, 2.05) is 32.0 Å². The van der Waals surface area contributed by atoms with Crippen molar-refractivity contribution in [1.29, 1.82) is 0 Å². The normalized spacial score (nSPS) is 11.0. The van der Waals surface area contributed by atoms with Crippen molar-refractivity contribution in [2.24, 2.45) is 0 Å². The second-order valence-electron chi connectivity index (χ2n) is 7.89.